The average molecular weight is 248 g/mol. The molecule has 0 heterocycles. The zero-order chi connectivity index (χ0) is 13.1. The first-order valence-electron chi connectivity index (χ1n) is 6.31. The van der Waals surface area contributed by atoms with Crippen molar-refractivity contribution in [2.24, 2.45) is 5.92 Å². The Hall–Kier alpha value is -1.55. The molecule has 2 rings (SSSR count). The van der Waals surface area contributed by atoms with Gasteiger partial charge in [-0.05, 0) is 37.8 Å². The van der Waals surface area contributed by atoms with E-state index in [1.165, 1.54) is 5.56 Å². The quantitative estimate of drug-likeness (QED) is 0.862. The number of urea groups is 1. The summed E-state index contributed by atoms with van der Waals surface area (Å²) in [6, 6.07) is 7.64. The van der Waals surface area contributed by atoms with E-state index in [0.29, 0.717) is 12.5 Å². The molecule has 0 aliphatic heterocycles. The molecule has 2 amide bonds. The molecule has 4 heteroatoms. The molecule has 0 atom stereocenters. The Bertz CT molecular complexity index is 410. The molecule has 0 unspecified atom stereocenters. The minimum Gasteiger partial charge on any atom is -0.393 e. The monoisotopic (exact) mass is 248 g/mol. The summed E-state index contributed by atoms with van der Waals surface area (Å²) in [5.41, 5.74) is 1.98. The third-order valence-electron chi connectivity index (χ3n) is 3.39. The van der Waals surface area contributed by atoms with Crippen LogP contribution in [0.15, 0.2) is 24.3 Å². The van der Waals surface area contributed by atoms with E-state index in [-0.39, 0.29) is 12.1 Å². The molecule has 1 aromatic carbocycles. The number of aryl methyl sites for hydroxylation is 1. The van der Waals surface area contributed by atoms with Gasteiger partial charge in [0.1, 0.15) is 0 Å². The van der Waals surface area contributed by atoms with E-state index in [1.807, 2.05) is 31.2 Å². The highest BCUT2D eigenvalue weighted by atomic mass is 16.3. The van der Waals surface area contributed by atoms with Gasteiger partial charge < -0.3 is 15.3 Å². The number of benzene rings is 1. The SMILES string of the molecule is Cc1ccc(NC(=O)N(C)CC2CC(O)C2)cc1. The van der Waals surface area contributed by atoms with Crippen molar-refractivity contribution in [2.45, 2.75) is 25.9 Å². The first-order chi connectivity index (χ1) is 8.54. The first-order valence-corrected chi connectivity index (χ1v) is 6.31. The Morgan fingerprint density at radius 1 is 1.39 bits per heavy atom. The number of hydrogen-bond acceptors (Lipinski definition) is 2. The fourth-order valence-corrected chi connectivity index (χ4v) is 2.18. The Morgan fingerprint density at radius 2 is 2.00 bits per heavy atom. The van der Waals surface area contributed by atoms with Crippen molar-refractivity contribution in [1.29, 1.82) is 0 Å². The van der Waals surface area contributed by atoms with Gasteiger partial charge in [0, 0.05) is 19.3 Å². The van der Waals surface area contributed by atoms with Crippen molar-refractivity contribution in [3.63, 3.8) is 0 Å². The number of aliphatic hydroxyl groups excluding tert-OH is 1. The van der Waals surface area contributed by atoms with Crippen LogP contribution in [0.2, 0.25) is 0 Å². The summed E-state index contributed by atoms with van der Waals surface area (Å²) >= 11 is 0. The molecule has 1 fully saturated rings. The molecule has 1 aliphatic carbocycles. The molecule has 2 N–H and O–H groups in total. The van der Waals surface area contributed by atoms with Gasteiger partial charge in [-0.15, -0.1) is 0 Å². The number of carbonyl (C=O) groups excluding carboxylic acids is 1. The van der Waals surface area contributed by atoms with E-state index in [1.54, 1.807) is 11.9 Å². The number of aliphatic hydroxyl groups is 1. The van der Waals surface area contributed by atoms with E-state index in [2.05, 4.69) is 5.32 Å². The van der Waals surface area contributed by atoms with Crippen LogP contribution in [-0.4, -0.2) is 35.7 Å². The van der Waals surface area contributed by atoms with E-state index in [0.717, 1.165) is 18.5 Å². The Kier molecular flexibility index (Phi) is 3.87. The van der Waals surface area contributed by atoms with Gasteiger partial charge in [0.25, 0.3) is 0 Å². The van der Waals surface area contributed by atoms with Crippen LogP contribution >= 0.6 is 0 Å². The van der Waals surface area contributed by atoms with E-state index < -0.39 is 0 Å². The first kappa shape index (κ1) is 12.9. The third kappa shape index (κ3) is 3.23. The van der Waals surface area contributed by atoms with Gasteiger partial charge in [0.05, 0.1) is 6.10 Å². The molecule has 0 radical (unpaired) electrons. The number of amides is 2. The lowest BCUT2D eigenvalue weighted by atomic mass is 9.82. The zero-order valence-electron chi connectivity index (χ0n) is 10.9. The van der Waals surface area contributed by atoms with Crippen molar-refractivity contribution in [3.8, 4) is 0 Å². The molecule has 0 bridgehead atoms. The summed E-state index contributed by atoms with van der Waals surface area (Å²) in [5.74, 6) is 0.439. The predicted octanol–water partition coefficient (Wildman–Crippen LogP) is 2.23. The lowest BCUT2D eigenvalue weighted by Crippen LogP contribution is -2.41. The largest absolute Gasteiger partial charge is 0.393 e. The zero-order valence-corrected chi connectivity index (χ0v) is 10.9. The van der Waals surface area contributed by atoms with Gasteiger partial charge >= 0.3 is 6.03 Å². The maximum absolute atomic E-state index is 11.9. The summed E-state index contributed by atoms with van der Waals surface area (Å²) in [6.07, 6.45) is 1.45. The second kappa shape index (κ2) is 5.40. The highest BCUT2D eigenvalue weighted by Crippen LogP contribution is 2.27. The van der Waals surface area contributed by atoms with Crippen molar-refractivity contribution in [1.82, 2.24) is 4.90 Å². The summed E-state index contributed by atoms with van der Waals surface area (Å²) in [7, 11) is 1.79. The van der Waals surface area contributed by atoms with Gasteiger partial charge in [-0.25, -0.2) is 4.79 Å². The number of hydrogen-bond donors (Lipinski definition) is 2. The molecule has 1 aromatic rings. The molecular formula is C14H20N2O2. The highest BCUT2D eigenvalue weighted by Gasteiger charge is 2.29. The van der Waals surface area contributed by atoms with Crippen molar-refractivity contribution in [3.05, 3.63) is 29.8 Å². The summed E-state index contributed by atoms with van der Waals surface area (Å²) in [6.45, 7) is 2.72. The summed E-state index contributed by atoms with van der Waals surface area (Å²) in [4.78, 5) is 13.6. The third-order valence-corrected chi connectivity index (χ3v) is 3.39. The fourth-order valence-electron chi connectivity index (χ4n) is 2.18. The number of nitrogens with one attached hydrogen (secondary N) is 1. The number of nitrogens with zero attached hydrogens (tertiary/aromatic N) is 1. The lowest BCUT2D eigenvalue weighted by Gasteiger charge is -2.34. The molecule has 0 saturated heterocycles. The topological polar surface area (TPSA) is 52.6 Å². The van der Waals surface area contributed by atoms with Crippen LogP contribution in [0.5, 0.6) is 0 Å². The van der Waals surface area contributed by atoms with E-state index in [9.17, 15) is 9.90 Å². The van der Waals surface area contributed by atoms with Gasteiger partial charge in [-0.2, -0.15) is 0 Å². The summed E-state index contributed by atoms with van der Waals surface area (Å²) < 4.78 is 0. The van der Waals surface area contributed by atoms with Crippen molar-refractivity contribution in [2.75, 3.05) is 18.9 Å². The molecule has 18 heavy (non-hydrogen) atoms. The maximum atomic E-state index is 11.9. The predicted molar refractivity (Wildman–Crippen MR) is 71.6 cm³/mol. The molecule has 4 nitrogen and oxygen atoms in total. The van der Waals surface area contributed by atoms with Crippen LogP contribution < -0.4 is 5.32 Å². The smallest absolute Gasteiger partial charge is 0.321 e. The van der Waals surface area contributed by atoms with Crippen LogP contribution in [0.1, 0.15) is 18.4 Å². The Morgan fingerprint density at radius 3 is 2.56 bits per heavy atom. The Labute approximate surface area is 108 Å². The van der Waals surface area contributed by atoms with Crippen LogP contribution in [0.3, 0.4) is 0 Å². The molecule has 0 spiro atoms. The van der Waals surface area contributed by atoms with Gasteiger partial charge in [0.2, 0.25) is 0 Å². The standard InChI is InChI=1S/C14H20N2O2/c1-10-3-5-12(6-4-10)15-14(18)16(2)9-11-7-13(17)8-11/h3-6,11,13,17H,7-9H2,1-2H3,(H,15,18). The Balaban J connectivity index is 1.81. The van der Waals surface area contributed by atoms with Gasteiger partial charge in [-0.3, -0.25) is 0 Å². The number of carbonyl (C=O) groups is 1. The minimum atomic E-state index is -0.163. The molecule has 98 valence electrons. The van der Waals surface area contributed by atoms with Crippen LogP contribution in [0, 0.1) is 12.8 Å². The van der Waals surface area contributed by atoms with Crippen LogP contribution in [0.4, 0.5) is 10.5 Å². The summed E-state index contributed by atoms with van der Waals surface area (Å²) in [5, 5.41) is 12.1. The number of anilines is 1. The van der Waals surface area contributed by atoms with Crippen molar-refractivity contribution < 1.29 is 9.90 Å². The second-order valence-corrected chi connectivity index (χ2v) is 5.17. The molecule has 1 aliphatic rings. The van der Waals surface area contributed by atoms with Gasteiger partial charge in [0.15, 0.2) is 0 Å². The maximum Gasteiger partial charge on any atom is 0.321 e. The molecule has 1 saturated carbocycles. The van der Waals surface area contributed by atoms with E-state index in [4.69, 9.17) is 0 Å². The normalized spacial score (nSPS) is 22.2. The fraction of sp³-hybridized carbons (Fsp3) is 0.500. The van der Waals surface area contributed by atoms with Crippen molar-refractivity contribution >= 4 is 11.7 Å². The molecule has 0 aromatic heterocycles. The van der Waals surface area contributed by atoms with E-state index >= 15 is 0 Å². The highest BCUT2D eigenvalue weighted by molar-refractivity contribution is 5.89. The van der Waals surface area contributed by atoms with Crippen LogP contribution in [-0.2, 0) is 0 Å². The van der Waals surface area contributed by atoms with Crippen LogP contribution in [0.25, 0.3) is 0 Å². The molecular weight excluding hydrogens is 228 g/mol. The number of rotatable bonds is 3. The minimum absolute atomic E-state index is 0.0970. The average Bonchev–Trinajstić information content (AvgIpc) is 2.30. The second-order valence-electron chi connectivity index (χ2n) is 5.17. The van der Waals surface area contributed by atoms with Gasteiger partial charge in [-0.1, -0.05) is 17.7 Å². The lowest BCUT2D eigenvalue weighted by molar-refractivity contribution is 0.0332.